The van der Waals surface area contributed by atoms with Crippen molar-refractivity contribution >= 4 is 0 Å². The van der Waals surface area contributed by atoms with Crippen molar-refractivity contribution in [1.29, 1.82) is 0 Å². The SMILES string of the molecule is CC(C)N(CCC(c1ccccc1)c1ccccc1O)C(C)C.[H+]. The molecular weight excluding hydrogens is 282 g/mol. The molecule has 0 aromatic heterocycles. The van der Waals surface area contributed by atoms with Crippen molar-refractivity contribution < 1.29 is 6.53 Å². The summed E-state index contributed by atoms with van der Waals surface area (Å²) in [6.07, 6.45) is 0.998. The van der Waals surface area contributed by atoms with Crippen molar-refractivity contribution in [2.24, 2.45) is 0 Å². The lowest BCUT2D eigenvalue weighted by molar-refractivity contribution is 0.170. The standard InChI is InChI=1S/C21H29NO/c1-16(2)22(17(3)4)15-14-19(18-10-6-5-7-11-18)20-12-8-9-13-21(20)23/h5-13,16-17,19,23H,14-15H2,1-4H3/p+1. The molecule has 0 radical (unpaired) electrons. The molecule has 2 heteroatoms. The van der Waals surface area contributed by atoms with Crippen LogP contribution in [0.3, 0.4) is 0 Å². The van der Waals surface area contributed by atoms with Crippen LogP contribution in [0.1, 0.15) is 52.6 Å². The maximum atomic E-state index is 10.3. The molecule has 2 nitrogen and oxygen atoms in total. The molecule has 0 saturated carbocycles. The first-order chi connectivity index (χ1) is 11.0. The number of hydrogen-bond donors (Lipinski definition) is 1. The van der Waals surface area contributed by atoms with Gasteiger partial charge in [0.1, 0.15) is 5.75 Å². The van der Waals surface area contributed by atoms with Crippen molar-refractivity contribution in [3.63, 3.8) is 0 Å². The van der Waals surface area contributed by atoms with Crippen LogP contribution in [0.25, 0.3) is 0 Å². The minimum atomic E-state index is 0. The summed E-state index contributed by atoms with van der Waals surface area (Å²) in [5, 5.41) is 10.3. The molecule has 0 spiro atoms. The van der Waals surface area contributed by atoms with Gasteiger partial charge in [0.25, 0.3) is 0 Å². The van der Waals surface area contributed by atoms with Gasteiger partial charge >= 0.3 is 1.43 Å². The van der Waals surface area contributed by atoms with Gasteiger partial charge in [-0.1, -0.05) is 48.5 Å². The van der Waals surface area contributed by atoms with Gasteiger partial charge in [0, 0.05) is 23.6 Å². The Balaban J connectivity index is 0.00000288. The first kappa shape index (κ1) is 17.6. The van der Waals surface area contributed by atoms with E-state index in [2.05, 4.69) is 56.9 Å². The van der Waals surface area contributed by atoms with Gasteiger partial charge in [-0.05, 0) is 52.3 Å². The first-order valence-electron chi connectivity index (χ1n) is 8.59. The zero-order valence-electron chi connectivity index (χ0n) is 15.7. The first-order valence-corrected chi connectivity index (χ1v) is 8.59. The highest BCUT2D eigenvalue weighted by molar-refractivity contribution is 5.41. The summed E-state index contributed by atoms with van der Waals surface area (Å²) in [6, 6.07) is 19.3. The fourth-order valence-electron chi connectivity index (χ4n) is 3.36. The fourth-order valence-corrected chi connectivity index (χ4v) is 3.36. The van der Waals surface area contributed by atoms with E-state index in [-0.39, 0.29) is 7.34 Å². The second-order valence-electron chi connectivity index (χ2n) is 6.74. The Morgan fingerprint density at radius 2 is 1.43 bits per heavy atom. The van der Waals surface area contributed by atoms with Crippen LogP contribution in [0.4, 0.5) is 0 Å². The average molecular weight is 312 g/mol. The maximum Gasteiger partial charge on any atom is 1.00 e. The molecule has 2 rings (SSSR count). The van der Waals surface area contributed by atoms with E-state index in [0.29, 0.717) is 17.8 Å². The molecule has 124 valence electrons. The lowest BCUT2D eigenvalue weighted by atomic mass is 9.87. The van der Waals surface area contributed by atoms with Gasteiger partial charge < -0.3 is 5.11 Å². The van der Waals surface area contributed by atoms with E-state index in [1.165, 1.54) is 5.56 Å². The van der Waals surface area contributed by atoms with Gasteiger partial charge in [0.2, 0.25) is 0 Å². The number of phenolic OH excluding ortho intramolecular Hbond substituents is 1. The van der Waals surface area contributed by atoms with Gasteiger partial charge in [-0.15, -0.1) is 0 Å². The van der Waals surface area contributed by atoms with Crippen LogP contribution in [-0.4, -0.2) is 28.6 Å². The number of rotatable bonds is 7. The van der Waals surface area contributed by atoms with E-state index in [4.69, 9.17) is 0 Å². The maximum absolute atomic E-state index is 10.3. The number of nitrogens with zero attached hydrogens (tertiary/aromatic N) is 1. The van der Waals surface area contributed by atoms with Crippen molar-refractivity contribution in [1.82, 2.24) is 4.90 Å². The average Bonchev–Trinajstić information content (AvgIpc) is 2.53. The van der Waals surface area contributed by atoms with E-state index >= 15 is 0 Å². The minimum absolute atomic E-state index is 0. The molecular formula is C21H30NO+. The summed E-state index contributed by atoms with van der Waals surface area (Å²) in [5.74, 6) is 0.611. The molecule has 0 saturated heterocycles. The van der Waals surface area contributed by atoms with Crippen LogP contribution in [-0.2, 0) is 0 Å². The predicted molar refractivity (Wildman–Crippen MR) is 99.1 cm³/mol. The molecule has 23 heavy (non-hydrogen) atoms. The lowest BCUT2D eigenvalue weighted by Crippen LogP contribution is -2.38. The summed E-state index contributed by atoms with van der Waals surface area (Å²) in [5.41, 5.74) is 2.28. The van der Waals surface area contributed by atoms with E-state index < -0.39 is 0 Å². The monoisotopic (exact) mass is 312 g/mol. The van der Waals surface area contributed by atoms with Crippen LogP contribution < -0.4 is 0 Å². The van der Waals surface area contributed by atoms with Crippen LogP contribution in [0, 0.1) is 0 Å². The van der Waals surface area contributed by atoms with Crippen LogP contribution in [0.2, 0.25) is 0 Å². The molecule has 0 heterocycles. The topological polar surface area (TPSA) is 23.5 Å². The minimum Gasteiger partial charge on any atom is -0.508 e. The van der Waals surface area contributed by atoms with Gasteiger partial charge in [-0.2, -0.15) is 0 Å². The highest BCUT2D eigenvalue weighted by Crippen LogP contribution is 2.34. The van der Waals surface area contributed by atoms with Crippen molar-refractivity contribution in [3.05, 3.63) is 65.7 Å². The Bertz CT molecular complexity index is 590. The lowest BCUT2D eigenvalue weighted by Gasteiger charge is -2.32. The third kappa shape index (κ3) is 4.59. The van der Waals surface area contributed by atoms with Gasteiger partial charge in [-0.3, -0.25) is 4.90 Å². The normalized spacial score (nSPS) is 13.0. The van der Waals surface area contributed by atoms with E-state index in [1.54, 1.807) is 6.07 Å². The third-order valence-electron chi connectivity index (χ3n) is 4.52. The van der Waals surface area contributed by atoms with Crippen LogP contribution in [0.5, 0.6) is 5.75 Å². The molecule has 0 aliphatic carbocycles. The zero-order valence-corrected chi connectivity index (χ0v) is 14.7. The number of benzene rings is 2. The second kappa shape index (κ2) is 8.16. The molecule has 2 aromatic rings. The Hall–Kier alpha value is -1.80. The summed E-state index contributed by atoms with van der Waals surface area (Å²) >= 11 is 0. The molecule has 0 fully saturated rings. The molecule has 1 unspecified atom stereocenters. The second-order valence-corrected chi connectivity index (χ2v) is 6.74. The smallest absolute Gasteiger partial charge is 0.508 e. The number of phenols is 1. The molecule has 0 amide bonds. The highest BCUT2D eigenvalue weighted by atomic mass is 16.3. The Morgan fingerprint density at radius 3 is 2.00 bits per heavy atom. The molecule has 1 N–H and O–H groups in total. The van der Waals surface area contributed by atoms with E-state index in [9.17, 15) is 5.11 Å². The fraction of sp³-hybridized carbons (Fsp3) is 0.429. The van der Waals surface area contributed by atoms with Gasteiger partial charge in [-0.25, -0.2) is 0 Å². The van der Waals surface area contributed by atoms with E-state index in [1.807, 2.05) is 24.3 Å². The molecule has 0 bridgehead atoms. The zero-order chi connectivity index (χ0) is 16.8. The van der Waals surface area contributed by atoms with Crippen molar-refractivity contribution in [3.8, 4) is 5.75 Å². The predicted octanol–water partition coefficient (Wildman–Crippen LogP) is 5.15. The van der Waals surface area contributed by atoms with Gasteiger partial charge in [0.05, 0.1) is 0 Å². The highest BCUT2D eigenvalue weighted by Gasteiger charge is 2.20. The van der Waals surface area contributed by atoms with Crippen LogP contribution >= 0.6 is 0 Å². The molecule has 1 atom stereocenters. The summed E-state index contributed by atoms with van der Waals surface area (Å²) in [4.78, 5) is 2.51. The number of hydrogen-bond acceptors (Lipinski definition) is 2. The van der Waals surface area contributed by atoms with Crippen LogP contribution in [0.15, 0.2) is 54.6 Å². The quantitative estimate of drug-likeness (QED) is 0.764. The summed E-state index contributed by atoms with van der Waals surface area (Å²) < 4.78 is 0. The third-order valence-corrected chi connectivity index (χ3v) is 4.52. The molecule has 2 aromatic carbocycles. The Labute approximate surface area is 142 Å². The largest absolute Gasteiger partial charge is 1.00 e. The summed E-state index contributed by atoms with van der Waals surface area (Å²) in [6.45, 7) is 10.0. The van der Waals surface area contributed by atoms with Crippen molar-refractivity contribution in [2.45, 2.75) is 52.1 Å². The Kier molecular flexibility index (Phi) is 6.23. The molecule has 0 aliphatic rings. The molecule has 0 aliphatic heterocycles. The Morgan fingerprint density at radius 1 is 0.870 bits per heavy atom. The summed E-state index contributed by atoms with van der Waals surface area (Å²) in [7, 11) is 0. The van der Waals surface area contributed by atoms with Crippen molar-refractivity contribution in [2.75, 3.05) is 6.54 Å². The van der Waals surface area contributed by atoms with Gasteiger partial charge in [0.15, 0.2) is 0 Å². The number of aromatic hydroxyl groups is 1. The number of para-hydroxylation sites is 1. The van der Waals surface area contributed by atoms with E-state index in [0.717, 1.165) is 18.5 Å².